The first-order valence-electron chi connectivity index (χ1n) is 7.08. The SMILES string of the molecule is CCCNC(=O)CN(C)c1cc(OC(C)C)c(F)cc1N. The highest BCUT2D eigenvalue weighted by molar-refractivity contribution is 5.83. The van der Waals surface area contributed by atoms with Gasteiger partial charge in [0.05, 0.1) is 24.0 Å². The Labute approximate surface area is 125 Å². The van der Waals surface area contributed by atoms with Crippen molar-refractivity contribution in [1.82, 2.24) is 5.32 Å². The molecule has 6 heteroatoms. The van der Waals surface area contributed by atoms with E-state index in [1.165, 1.54) is 12.1 Å². The van der Waals surface area contributed by atoms with Crippen molar-refractivity contribution in [1.29, 1.82) is 0 Å². The Balaban J connectivity index is 2.87. The van der Waals surface area contributed by atoms with E-state index in [2.05, 4.69) is 5.32 Å². The lowest BCUT2D eigenvalue weighted by Crippen LogP contribution is -2.35. The van der Waals surface area contributed by atoms with Crippen molar-refractivity contribution in [2.45, 2.75) is 33.3 Å². The molecule has 0 atom stereocenters. The zero-order chi connectivity index (χ0) is 16.0. The molecule has 0 spiro atoms. The van der Waals surface area contributed by atoms with Crippen LogP contribution in [0, 0.1) is 5.82 Å². The second kappa shape index (κ2) is 7.71. The Morgan fingerprint density at radius 2 is 2.14 bits per heavy atom. The topological polar surface area (TPSA) is 67.6 Å². The molecule has 0 aromatic heterocycles. The average Bonchev–Trinajstić information content (AvgIpc) is 2.38. The molecule has 0 unspecified atom stereocenters. The Hall–Kier alpha value is -1.98. The summed E-state index contributed by atoms with van der Waals surface area (Å²) in [6.45, 7) is 6.40. The molecule has 21 heavy (non-hydrogen) atoms. The highest BCUT2D eigenvalue weighted by Gasteiger charge is 2.15. The smallest absolute Gasteiger partial charge is 0.239 e. The van der Waals surface area contributed by atoms with Crippen LogP contribution in [0.15, 0.2) is 12.1 Å². The molecule has 1 rings (SSSR count). The fourth-order valence-electron chi connectivity index (χ4n) is 1.85. The number of rotatable bonds is 7. The van der Waals surface area contributed by atoms with Gasteiger partial charge in [0.2, 0.25) is 5.91 Å². The summed E-state index contributed by atoms with van der Waals surface area (Å²) in [5.41, 5.74) is 6.67. The standard InChI is InChI=1S/C15H24FN3O2/c1-5-6-18-15(20)9-19(4)13-8-14(21-10(2)3)11(16)7-12(13)17/h7-8,10H,5-6,9,17H2,1-4H3,(H,18,20). The Kier molecular flexibility index (Phi) is 6.27. The molecular weight excluding hydrogens is 273 g/mol. The van der Waals surface area contributed by atoms with Crippen molar-refractivity contribution >= 4 is 17.3 Å². The number of nitrogens with two attached hydrogens (primary N) is 1. The lowest BCUT2D eigenvalue weighted by molar-refractivity contribution is -0.119. The van der Waals surface area contributed by atoms with E-state index in [1.54, 1.807) is 11.9 Å². The van der Waals surface area contributed by atoms with Crippen molar-refractivity contribution in [2.24, 2.45) is 0 Å². The van der Waals surface area contributed by atoms with Crippen LogP contribution in [0.3, 0.4) is 0 Å². The van der Waals surface area contributed by atoms with Crippen molar-refractivity contribution in [3.8, 4) is 5.75 Å². The molecule has 0 aliphatic carbocycles. The van der Waals surface area contributed by atoms with Crippen molar-refractivity contribution < 1.29 is 13.9 Å². The van der Waals surface area contributed by atoms with Gasteiger partial charge in [-0.15, -0.1) is 0 Å². The number of nitrogen functional groups attached to an aromatic ring is 1. The fourth-order valence-corrected chi connectivity index (χ4v) is 1.85. The largest absolute Gasteiger partial charge is 0.488 e. The van der Waals surface area contributed by atoms with Crippen LogP contribution in [-0.4, -0.2) is 32.1 Å². The number of halogens is 1. The highest BCUT2D eigenvalue weighted by Crippen LogP contribution is 2.31. The molecule has 1 amide bonds. The summed E-state index contributed by atoms with van der Waals surface area (Å²) in [6, 6.07) is 2.74. The van der Waals surface area contributed by atoms with E-state index in [4.69, 9.17) is 10.5 Å². The number of likely N-dealkylation sites (N-methyl/N-ethyl adjacent to an activating group) is 1. The van der Waals surface area contributed by atoms with Gasteiger partial charge in [-0.2, -0.15) is 0 Å². The van der Waals surface area contributed by atoms with E-state index < -0.39 is 5.82 Å². The molecule has 0 bridgehead atoms. The third-order valence-electron chi connectivity index (χ3n) is 2.81. The van der Waals surface area contributed by atoms with E-state index in [9.17, 15) is 9.18 Å². The molecule has 0 heterocycles. The Bertz CT molecular complexity index is 492. The number of benzene rings is 1. The molecule has 0 radical (unpaired) electrons. The average molecular weight is 297 g/mol. The maximum Gasteiger partial charge on any atom is 0.239 e. The fraction of sp³-hybridized carbons (Fsp3) is 0.533. The summed E-state index contributed by atoms with van der Waals surface area (Å²) in [6.07, 6.45) is 0.731. The number of hydrogen-bond donors (Lipinski definition) is 2. The predicted octanol–water partition coefficient (Wildman–Crippen LogP) is 2.16. The number of ether oxygens (including phenoxy) is 1. The molecule has 118 valence electrons. The summed E-state index contributed by atoms with van der Waals surface area (Å²) in [5, 5.41) is 2.78. The third-order valence-corrected chi connectivity index (χ3v) is 2.81. The van der Waals surface area contributed by atoms with Crippen molar-refractivity contribution in [3.63, 3.8) is 0 Å². The molecule has 5 nitrogen and oxygen atoms in total. The van der Waals surface area contributed by atoms with Crippen molar-refractivity contribution in [2.75, 3.05) is 30.8 Å². The van der Waals surface area contributed by atoms with Gasteiger partial charge in [-0.05, 0) is 20.3 Å². The summed E-state index contributed by atoms with van der Waals surface area (Å²) in [5.74, 6) is -0.474. The first-order valence-corrected chi connectivity index (χ1v) is 7.08. The van der Waals surface area contributed by atoms with Crippen LogP contribution in [-0.2, 0) is 4.79 Å². The Morgan fingerprint density at radius 1 is 1.48 bits per heavy atom. The first kappa shape index (κ1) is 17.1. The van der Waals surface area contributed by atoms with Crippen LogP contribution in [0.25, 0.3) is 0 Å². The van der Waals surface area contributed by atoms with Crippen LogP contribution >= 0.6 is 0 Å². The molecule has 0 aliphatic rings. The maximum atomic E-state index is 13.8. The summed E-state index contributed by atoms with van der Waals surface area (Å²) in [7, 11) is 1.73. The molecule has 1 aromatic rings. The minimum atomic E-state index is -0.506. The van der Waals surface area contributed by atoms with E-state index in [-0.39, 0.29) is 30.0 Å². The van der Waals surface area contributed by atoms with E-state index in [0.29, 0.717) is 12.2 Å². The zero-order valence-corrected chi connectivity index (χ0v) is 13.1. The van der Waals surface area contributed by atoms with Gasteiger partial charge in [0.1, 0.15) is 0 Å². The molecule has 0 saturated carbocycles. The van der Waals surface area contributed by atoms with Crippen LogP contribution in [0.4, 0.5) is 15.8 Å². The summed E-state index contributed by atoms with van der Waals surface area (Å²) in [4.78, 5) is 13.4. The highest BCUT2D eigenvalue weighted by atomic mass is 19.1. The van der Waals surface area contributed by atoms with Crippen molar-refractivity contribution in [3.05, 3.63) is 17.9 Å². The van der Waals surface area contributed by atoms with Gasteiger partial charge in [-0.1, -0.05) is 6.92 Å². The molecule has 0 fully saturated rings. The molecule has 3 N–H and O–H groups in total. The molecular formula is C15H24FN3O2. The molecule has 0 saturated heterocycles. The number of anilines is 2. The number of hydrogen-bond acceptors (Lipinski definition) is 4. The Morgan fingerprint density at radius 3 is 2.71 bits per heavy atom. The second-order valence-corrected chi connectivity index (χ2v) is 5.21. The summed E-state index contributed by atoms with van der Waals surface area (Å²) < 4.78 is 19.2. The monoisotopic (exact) mass is 297 g/mol. The lowest BCUT2D eigenvalue weighted by Gasteiger charge is -2.22. The van der Waals surface area contributed by atoms with E-state index in [0.717, 1.165) is 6.42 Å². The number of nitrogens with zero attached hydrogens (tertiary/aromatic N) is 1. The minimum absolute atomic E-state index is 0.102. The maximum absolute atomic E-state index is 13.8. The van der Waals surface area contributed by atoms with Gasteiger partial charge in [-0.3, -0.25) is 4.79 Å². The van der Waals surface area contributed by atoms with Gasteiger partial charge in [0, 0.05) is 25.7 Å². The summed E-state index contributed by atoms with van der Waals surface area (Å²) >= 11 is 0. The number of amides is 1. The van der Waals surface area contributed by atoms with Crippen LogP contribution in [0.2, 0.25) is 0 Å². The van der Waals surface area contributed by atoms with E-state index >= 15 is 0 Å². The van der Waals surface area contributed by atoms with Gasteiger partial charge < -0.3 is 20.7 Å². The third kappa shape index (κ3) is 5.13. The van der Waals surface area contributed by atoms with Crippen LogP contribution < -0.4 is 20.7 Å². The van der Waals surface area contributed by atoms with Crippen LogP contribution in [0.5, 0.6) is 5.75 Å². The van der Waals surface area contributed by atoms with Gasteiger partial charge in [0.15, 0.2) is 11.6 Å². The van der Waals surface area contributed by atoms with Gasteiger partial charge in [-0.25, -0.2) is 4.39 Å². The van der Waals surface area contributed by atoms with E-state index in [1.807, 2.05) is 20.8 Å². The normalized spacial score (nSPS) is 10.6. The predicted molar refractivity (Wildman–Crippen MR) is 83.1 cm³/mol. The molecule has 1 aromatic carbocycles. The quantitative estimate of drug-likeness (QED) is 0.757. The van der Waals surface area contributed by atoms with Crippen LogP contribution in [0.1, 0.15) is 27.2 Å². The van der Waals surface area contributed by atoms with Gasteiger partial charge in [0.25, 0.3) is 0 Å². The number of nitrogens with one attached hydrogen (secondary N) is 1. The number of carbonyl (C=O) groups excluding carboxylic acids is 1. The molecule has 0 aliphatic heterocycles. The second-order valence-electron chi connectivity index (χ2n) is 5.21. The minimum Gasteiger partial charge on any atom is -0.488 e. The zero-order valence-electron chi connectivity index (χ0n) is 13.1. The first-order chi connectivity index (χ1) is 9.85. The van der Waals surface area contributed by atoms with Gasteiger partial charge >= 0.3 is 0 Å². The lowest BCUT2D eigenvalue weighted by atomic mass is 10.2. The number of carbonyl (C=O) groups is 1.